The standard InChI is InChI=1S/C17H21N3O/c1-19-9-4-10-20(2)16(12-19)17(21)14-6-3-5-13-7-8-18-11-15(13)14/h3,5-8,11,16H,4,9-10,12H2,1-2H3. The minimum atomic E-state index is -0.0803. The molecule has 1 unspecified atom stereocenters. The number of carbonyl (C=O) groups excluding carboxylic acids is 1. The molecule has 0 N–H and O–H groups in total. The van der Waals surface area contributed by atoms with E-state index in [-0.39, 0.29) is 11.8 Å². The molecule has 1 atom stereocenters. The summed E-state index contributed by atoms with van der Waals surface area (Å²) in [4.78, 5) is 21.6. The predicted molar refractivity (Wildman–Crippen MR) is 84.6 cm³/mol. The van der Waals surface area contributed by atoms with Crippen molar-refractivity contribution in [2.24, 2.45) is 0 Å². The molecule has 4 heteroatoms. The zero-order valence-electron chi connectivity index (χ0n) is 12.6. The van der Waals surface area contributed by atoms with Gasteiger partial charge in [0.05, 0.1) is 6.04 Å². The number of fused-ring (bicyclic) bond motifs is 1. The van der Waals surface area contributed by atoms with E-state index in [0.29, 0.717) is 0 Å². The largest absolute Gasteiger partial charge is 0.304 e. The topological polar surface area (TPSA) is 36.4 Å². The second-order valence-corrected chi connectivity index (χ2v) is 5.88. The summed E-state index contributed by atoms with van der Waals surface area (Å²) >= 11 is 0. The third-order valence-electron chi connectivity index (χ3n) is 4.32. The van der Waals surface area contributed by atoms with E-state index in [9.17, 15) is 4.79 Å². The number of likely N-dealkylation sites (N-methyl/N-ethyl adjacent to an activating group) is 2. The maximum Gasteiger partial charge on any atom is 0.181 e. The lowest BCUT2D eigenvalue weighted by molar-refractivity contribution is 0.0841. The molecule has 1 aliphatic rings. The summed E-state index contributed by atoms with van der Waals surface area (Å²) in [6, 6.07) is 7.77. The van der Waals surface area contributed by atoms with E-state index in [4.69, 9.17) is 0 Å². The van der Waals surface area contributed by atoms with E-state index in [1.165, 1.54) is 0 Å². The summed E-state index contributed by atoms with van der Waals surface area (Å²) < 4.78 is 0. The van der Waals surface area contributed by atoms with Gasteiger partial charge in [0.25, 0.3) is 0 Å². The number of carbonyl (C=O) groups is 1. The first-order chi connectivity index (χ1) is 10.2. The van der Waals surface area contributed by atoms with Crippen molar-refractivity contribution in [1.29, 1.82) is 0 Å². The number of Topliss-reactive ketones (excluding diaryl/α,β-unsaturated/α-hetero) is 1. The molecule has 1 aliphatic heterocycles. The molecular formula is C17H21N3O. The van der Waals surface area contributed by atoms with Gasteiger partial charge in [0.2, 0.25) is 0 Å². The first-order valence-corrected chi connectivity index (χ1v) is 7.42. The summed E-state index contributed by atoms with van der Waals surface area (Å²) in [7, 11) is 4.13. The van der Waals surface area contributed by atoms with Crippen LogP contribution in [0.2, 0.25) is 0 Å². The van der Waals surface area contributed by atoms with Crippen LogP contribution in [0.1, 0.15) is 16.8 Å². The summed E-state index contributed by atoms with van der Waals surface area (Å²) in [6.07, 6.45) is 4.67. The van der Waals surface area contributed by atoms with Gasteiger partial charge in [0.15, 0.2) is 5.78 Å². The normalized spacial score (nSPS) is 21.3. The predicted octanol–water partition coefficient (Wildman–Crippen LogP) is 2.05. The Kier molecular flexibility index (Phi) is 3.99. The molecule has 2 aromatic rings. The van der Waals surface area contributed by atoms with Crippen molar-refractivity contribution in [2.75, 3.05) is 33.7 Å². The quantitative estimate of drug-likeness (QED) is 0.791. The lowest BCUT2D eigenvalue weighted by Crippen LogP contribution is -2.43. The van der Waals surface area contributed by atoms with Crippen LogP contribution in [0.3, 0.4) is 0 Å². The molecule has 3 rings (SSSR count). The molecule has 0 amide bonds. The van der Waals surface area contributed by atoms with Crippen LogP contribution in [0.4, 0.5) is 0 Å². The fourth-order valence-corrected chi connectivity index (χ4v) is 3.06. The van der Waals surface area contributed by atoms with Crippen molar-refractivity contribution in [2.45, 2.75) is 12.5 Å². The number of hydrogen-bond donors (Lipinski definition) is 0. The Bertz CT molecular complexity index is 650. The molecule has 0 bridgehead atoms. The summed E-state index contributed by atoms with van der Waals surface area (Å²) in [5, 5.41) is 2.02. The number of nitrogens with zero attached hydrogens (tertiary/aromatic N) is 3. The van der Waals surface area contributed by atoms with Crippen LogP contribution in [-0.4, -0.2) is 60.3 Å². The fraction of sp³-hybridized carbons (Fsp3) is 0.412. The number of rotatable bonds is 2. The Morgan fingerprint density at radius 2 is 2.10 bits per heavy atom. The monoisotopic (exact) mass is 283 g/mol. The van der Waals surface area contributed by atoms with Gasteiger partial charge < -0.3 is 4.90 Å². The number of benzene rings is 1. The van der Waals surface area contributed by atoms with Crippen molar-refractivity contribution < 1.29 is 4.79 Å². The van der Waals surface area contributed by atoms with Gasteiger partial charge in [-0.15, -0.1) is 0 Å². The van der Waals surface area contributed by atoms with E-state index >= 15 is 0 Å². The second kappa shape index (κ2) is 5.92. The summed E-state index contributed by atoms with van der Waals surface area (Å²) in [6.45, 7) is 2.79. The minimum Gasteiger partial charge on any atom is -0.304 e. The molecule has 21 heavy (non-hydrogen) atoms. The first-order valence-electron chi connectivity index (χ1n) is 7.42. The smallest absolute Gasteiger partial charge is 0.181 e. The van der Waals surface area contributed by atoms with Gasteiger partial charge in [0.1, 0.15) is 0 Å². The zero-order chi connectivity index (χ0) is 14.8. The Morgan fingerprint density at radius 3 is 2.95 bits per heavy atom. The van der Waals surface area contributed by atoms with E-state index in [2.05, 4.69) is 21.8 Å². The van der Waals surface area contributed by atoms with Crippen LogP contribution in [-0.2, 0) is 0 Å². The van der Waals surface area contributed by atoms with Crippen LogP contribution < -0.4 is 0 Å². The molecule has 0 saturated carbocycles. The van der Waals surface area contributed by atoms with E-state index in [1.807, 2.05) is 31.3 Å². The molecule has 4 nitrogen and oxygen atoms in total. The molecule has 0 spiro atoms. The van der Waals surface area contributed by atoms with Crippen LogP contribution >= 0.6 is 0 Å². The maximum atomic E-state index is 13.0. The van der Waals surface area contributed by atoms with Crippen molar-refractivity contribution >= 4 is 16.6 Å². The van der Waals surface area contributed by atoms with Crippen molar-refractivity contribution in [3.8, 4) is 0 Å². The van der Waals surface area contributed by atoms with Crippen molar-refractivity contribution in [3.63, 3.8) is 0 Å². The highest BCUT2D eigenvalue weighted by Crippen LogP contribution is 2.21. The van der Waals surface area contributed by atoms with Gasteiger partial charge in [-0.1, -0.05) is 18.2 Å². The Hall–Kier alpha value is -1.78. The highest BCUT2D eigenvalue weighted by atomic mass is 16.1. The van der Waals surface area contributed by atoms with Crippen molar-refractivity contribution in [3.05, 3.63) is 42.2 Å². The highest BCUT2D eigenvalue weighted by molar-refractivity contribution is 6.10. The highest BCUT2D eigenvalue weighted by Gasteiger charge is 2.28. The van der Waals surface area contributed by atoms with Crippen LogP contribution in [0.15, 0.2) is 36.7 Å². The minimum absolute atomic E-state index is 0.0803. The van der Waals surface area contributed by atoms with Gasteiger partial charge >= 0.3 is 0 Å². The molecule has 2 heterocycles. The number of hydrogen-bond acceptors (Lipinski definition) is 4. The lowest BCUT2D eigenvalue weighted by Gasteiger charge is -2.26. The third-order valence-corrected chi connectivity index (χ3v) is 4.32. The van der Waals surface area contributed by atoms with E-state index < -0.39 is 0 Å². The number of ketones is 1. The SMILES string of the molecule is CN1CCCN(C)C(C(=O)c2cccc3ccncc23)C1. The van der Waals surface area contributed by atoms with E-state index in [1.54, 1.807) is 12.4 Å². The molecule has 0 radical (unpaired) electrons. The average Bonchev–Trinajstić information content (AvgIpc) is 2.67. The first kappa shape index (κ1) is 14.2. The molecule has 0 aliphatic carbocycles. The van der Waals surface area contributed by atoms with Crippen LogP contribution in [0.25, 0.3) is 10.8 Å². The molecular weight excluding hydrogens is 262 g/mol. The molecule has 1 saturated heterocycles. The zero-order valence-corrected chi connectivity index (χ0v) is 12.6. The summed E-state index contributed by atoms with van der Waals surface area (Å²) in [5.41, 5.74) is 0.785. The maximum absolute atomic E-state index is 13.0. The molecule has 110 valence electrons. The third kappa shape index (κ3) is 2.82. The molecule has 1 aromatic heterocycles. The summed E-state index contributed by atoms with van der Waals surface area (Å²) in [5.74, 6) is 0.199. The van der Waals surface area contributed by atoms with Crippen LogP contribution in [0.5, 0.6) is 0 Å². The average molecular weight is 283 g/mol. The van der Waals surface area contributed by atoms with Gasteiger partial charge in [-0.2, -0.15) is 0 Å². The lowest BCUT2D eigenvalue weighted by atomic mass is 9.98. The Labute approximate surface area is 125 Å². The second-order valence-electron chi connectivity index (χ2n) is 5.88. The van der Waals surface area contributed by atoms with Gasteiger partial charge in [-0.3, -0.25) is 14.7 Å². The van der Waals surface area contributed by atoms with Gasteiger partial charge in [-0.05, 0) is 45.1 Å². The van der Waals surface area contributed by atoms with Gasteiger partial charge in [-0.25, -0.2) is 0 Å². The Balaban J connectivity index is 1.99. The van der Waals surface area contributed by atoms with Crippen molar-refractivity contribution in [1.82, 2.24) is 14.8 Å². The Morgan fingerprint density at radius 1 is 1.24 bits per heavy atom. The molecule has 1 aromatic carbocycles. The van der Waals surface area contributed by atoms with Gasteiger partial charge in [0, 0.05) is 29.9 Å². The van der Waals surface area contributed by atoms with E-state index in [0.717, 1.165) is 42.4 Å². The number of pyridine rings is 1. The van der Waals surface area contributed by atoms with Crippen LogP contribution in [0, 0.1) is 0 Å². The molecule has 1 fully saturated rings. The number of aromatic nitrogens is 1. The fourth-order valence-electron chi connectivity index (χ4n) is 3.06.